The first-order chi connectivity index (χ1) is 6.53. The Morgan fingerprint density at radius 3 is 2.71 bits per heavy atom. The molecule has 1 N–H and O–H groups in total. The molecular formula is C11H18N2S. The van der Waals surface area contributed by atoms with Gasteiger partial charge in [0, 0.05) is 18.3 Å². The number of aromatic nitrogens is 1. The normalized spacial score (nSPS) is 11.7. The fraction of sp³-hybridized carbons (Fsp3) is 0.545. The third-order valence-electron chi connectivity index (χ3n) is 1.85. The van der Waals surface area contributed by atoms with E-state index in [0.717, 1.165) is 11.6 Å². The number of nitrogens with zero attached hydrogens (tertiary/aromatic N) is 1. The summed E-state index contributed by atoms with van der Waals surface area (Å²) in [6, 6.07) is 4.11. The van der Waals surface area contributed by atoms with Crippen molar-refractivity contribution in [2.75, 3.05) is 6.26 Å². The minimum atomic E-state index is 0.158. The second-order valence-electron chi connectivity index (χ2n) is 4.28. The van der Waals surface area contributed by atoms with E-state index in [1.54, 1.807) is 11.8 Å². The second kappa shape index (κ2) is 4.80. The number of pyridine rings is 1. The Kier molecular flexibility index (Phi) is 3.96. The van der Waals surface area contributed by atoms with Gasteiger partial charge in [0.25, 0.3) is 0 Å². The van der Waals surface area contributed by atoms with E-state index in [2.05, 4.69) is 43.4 Å². The minimum Gasteiger partial charge on any atom is -0.308 e. The lowest BCUT2D eigenvalue weighted by atomic mass is 10.1. The molecule has 0 saturated carbocycles. The highest BCUT2D eigenvalue weighted by atomic mass is 32.2. The largest absolute Gasteiger partial charge is 0.308 e. The van der Waals surface area contributed by atoms with Crippen LogP contribution in [0, 0.1) is 0 Å². The van der Waals surface area contributed by atoms with Crippen molar-refractivity contribution in [1.82, 2.24) is 10.3 Å². The Balaban J connectivity index is 2.67. The van der Waals surface area contributed by atoms with E-state index in [1.807, 2.05) is 12.3 Å². The summed E-state index contributed by atoms with van der Waals surface area (Å²) in [5.74, 6) is 0. The predicted molar refractivity (Wildman–Crippen MR) is 62.6 cm³/mol. The highest BCUT2D eigenvalue weighted by Crippen LogP contribution is 2.17. The van der Waals surface area contributed by atoms with Gasteiger partial charge >= 0.3 is 0 Å². The lowest BCUT2D eigenvalue weighted by Gasteiger charge is -2.21. The number of nitrogens with one attached hydrogen (secondary N) is 1. The Morgan fingerprint density at radius 1 is 1.43 bits per heavy atom. The van der Waals surface area contributed by atoms with Gasteiger partial charge in [-0.1, -0.05) is 6.07 Å². The summed E-state index contributed by atoms with van der Waals surface area (Å²) in [5.41, 5.74) is 1.43. The minimum absolute atomic E-state index is 0.158. The van der Waals surface area contributed by atoms with Crippen LogP contribution in [-0.4, -0.2) is 16.8 Å². The van der Waals surface area contributed by atoms with Crippen molar-refractivity contribution in [2.24, 2.45) is 0 Å². The molecule has 1 aromatic heterocycles. The molecule has 14 heavy (non-hydrogen) atoms. The van der Waals surface area contributed by atoms with E-state index in [9.17, 15) is 0 Å². The zero-order valence-electron chi connectivity index (χ0n) is 9.29. The quantitative estimate of drug-likeness (QED) is 0.776. The van der Waals surface area contributed by atoms with Crippen LogP contribution in [0.3, 0.4) is 0 Å². The summed E-state index contributed by atoms with van der Waals surface area (Å²) >= 11 is 1.69. The third kappa shape index (κ3) is 3.68. The van der Waals surface area contributed by atoms with Crippen LogP contribution in [0.5, 0.6) is 0 Å². The molecule has 1 aromatic rings. The number of hydrogen-bond donors (Lipinski definition) is 1. The van der Waals surface area contributed by atoms with Gasteiger partial charge in [0.1, 0.15) is 5.03 Å². The monoisotopic (exact) mass is 210 g/mol. The average molecular weight is 210 g/mol. The summed E-state index contributed by atoms with van der Waals surface area (Å²) in [7, 11) is 0. The molecule has 2 nitrogen and oxygen atoms in total. The molecule has 0 unspecified atom stereocenters. The van der Waals surface area contributed by atoms with Gasteiger partial charge in [-0.25, -0.2) is 4.98 Å². The topological polar surface area (TPSA) is 24.9 Å². The van der Waals surface area contributed by atoms with E-state index in [1.165, 1.54) is 5.56 Å². The Labute approximate surface area is 90.5 Å². The van der Waals surface area contributed by atoms with Crippen LogP contribution in [0.25, 0.3) is 0 Å². The molecular weight excluding hydrogens is 192 g/mol. The van der Waals surface area contributed by atoms with E-state index >= 15 is 0 Å². The van der Waals surface area contributed by atoms with Crippen molar-refractivity contribution in [3.63, 3.8) is 0 Å². The van der Waals surface area contributed by atoms with Gasteiger partial charge in [-0.2, -0.15) is 0 Å². The lowest BCUT2D eigenvalue weighted by molar-refractivity contribution is 0.422. The lowest BCUT2D eigenvalue weighted by Crippen LogP contribution is -2.35. The maximum Gasteiger partial charge on any atom is 0.100 e. The van der Waals surface area contributed by atoms with Crippen molar-refractivity contribution in [1.29, 1.82) is 0 Å². The van der Waals surface area contributed by atoms with Crippen LogP contribution in [0.2, 0.25) is 0 Å². The second-order valence-corrected chi connectivity index (χ2v) is 5.07. The van der Waals surface area contributed by atoms with Gasteiger partial charge in [-0.3, -0.25) is 0 Å². The van der Waals surface area contributed by atoms with Crippen LogP contribution in [0.1, 0.15) is 26.3 Å². The average Bonchev–Trinajstić information content (AvgIpc) is 2.14. The first-order valence-corrected chi connectivity index (χ1v) is 5.98. The summed E-state index contributed by atoms with van der Waals surface area (Å²) < 4.78 is 0. The van der Waals surface area contributed by atoms with Crippen LogP contribution >= 0.6 is 11.8 Å². The van der Waals surface area contributed by atoms with Crippen LogP contribution in [0.15, 0.2) is 23.4 Å². The fourth-order valence-corrected chi connectivity index (χ4v) is 1.67. The highest BCUT2D eigenvalue weighted by molar-refractivity contribution is 7.98. The zero-order chi connectivity index (χ0) is 10.6. The molecule has 0 bridgehead atoms. The molecule has 1 rings (SSSR count). The SMILES string of the molecule is CSc1ncccc1CNC(C)(C)C. The molecule has 78 valence electrons. The van der Waals surface area contributed by atoms with Gasteiger partial charge in [-0.05, 0) is 38.7 Å². The smallest absolute Gasteiger partial charge is 0.100 e. The summed E-state index contributed by atoms with van der Waals surface area (Å²) in [6.07, 6.45) is 3.90. The van der Waals surface area contributed by atoms with Crippen molar-refractivity contribution in [3.05, 3.63) is 23.9 Å². The molecule has 3 heteroatoms. The summed E-state index contributed by atoms with van der Waals surface area (Å²) in [5, 5.41) is 4.57. The Hall–Kier alpha value is -0.540. The molecule has 0 aromatic carbocycles. The van der Waals surface area contributed by atoms with Crippen LogP contribution < -0.4 is 5.32 Å². The van der Waals surface area contributed by atoms with E-state index in [-0.39, 0.29) is 5.54 Å². The molecule has 0 saturated heterocycles. The molecule has 0 radical (unpaired) electrons. The van der Waals surface area contributed by atoms with E-state index in [4.69, 9.17) is 0 Å². The molecule has 1 heterocycles. The molecule has 0 fully saturated rings. The van der Waals surface area contributed by atoms with E-state index < -0.39 is 0 Å². The number of rotatable bonds is 3. The Bertz CT molecular complexity index is 292. The van der Waals surface area contributed by atoms with Gasteiger partial charge in [0.2, 0.25) is 0 Å². The zero-order valence-corrected chi connectivity index (χ0v) is 10.1. The van der Waals surface area contributed by atoms with Gasteiger partial charge in [0.15, 0.2) is 0 Å². The molecule has 0 amide bonds. The predicted octanol–water partition coefficient (Wildman–Crippen LogP) is 2.69. The van der Waals surface area contributed by atoms with Gasteiger partial charge in [-0.15, -0.1) is 11.8 Å². The van der Waals surface area contributed by atoms with Crippen LogP contribution in [-0.2, 0) is 6.54 Å². The van der Waals surface area contributed by atoms with Gasteiger partial charge < -0.3 is 5.32 Å². The summed E-state index contributed by atoms with van der Waals surface area (Å²) in [4.78, 5) is 4.32. The summed E-state index contributed by atoms with van der Waals surface area (Å²) in [6.45, 7) is 7.39. The third-order valence-corrected chi connectivity index (χ3v) is 2.61. The first-order valence-electron chi connectivity index (χ1n) is 4.76. The molecule has 0 aliphatic carbocycles. The molecule has 0 spiro atoms. The van der Waals surface area contributed by atoms with Crippen molar-refractivity contribution in [3.8, 4) is 0 Å². The van der Waals surface area contributed by atoms with Crippen molar-refractivity contribution < 1.29 is 0 Å². The fourth-order valence-electron chi connectivity index (χ4n) is 1.10. The maximum absolute atomic E-state index is 4.32. The van der Waals surface area contributed by atoms with Crippen LogP contribution in [0.4, 0.5) is 0 Å². The van der Waals surface area contributed by atoms with Gasteiger partial charge in [0.05, 0.1) is 0 Å². The van der Waals surface area contributed by atoms with Crippen molar-refractivity contribution in [2.45, 2.75) is 37.9 Å². The highest BCUT2D eigenvalue weighted by Gasteiger charge is 2.10. The number of hydrogen-bond acceptors (Lipinski definition) is 3. The first kappa shape index (κ1) is 11.5. The molecule has 0 atom stereocenters. The maximum atomic E-state index is 4.32. The molecule has 0 aliphatic heterocycles. The van der Waals surface area contributed by atoms with Crippen molar-refractivity contribution >= 4 is 11.8 Å². The Morgan fingerprint density at radius 2 is 2.14 bits per heavy atom. The van der Waals surface area contributed by atoms with E-state index in [0.29, 0.717) is 0 Å². The molecule has 0 aliphatic rings. The standard InChI is InChI=1S/C11H18N2S/c1-11(2,3)13-8-9-6-5-7-12-10(9)14-4/h5-7,13H,8H2,1-4H3. The number of thioether (sulfide) groups is 1.